The zero-order valence-corrected chi connectivity index (χ0v) is 20.0. The third kappa shape index (κ3) is 5.76. The highest BCUT2D eigenvalue weighted by Crippen LogP contribution is 2.46. The molecule has 1 fully saturated rings. The fraction of sp³-hybridized carbons (Fsp3) is 0.292. The lowest BCUT2D eigenvalue weighted by Crippen LogP contribution is -2.23. The van der Waals surface area contributed by atoms with Crippen LogP contribution in [-0.4, -0.2) is 43.1 Å². The number of rotatable bonds is 9. The van der Waals surface area contributed by atoms with Crippen LogP contribution in [0.15, 0.2) is 59.6 Å². The first kappa shape index (κ1) is 25.4. The highest BCUT2D eigenvalue weighted by Gasteiger charge is 2.37. The van der Waals surface area contributed by atoms with Crippen LogP contribution in [0, 0.1) is 0 Å². The fourth-order valence-corrected chi connectivity index (χ4v) is 4.71. The van der Waals surface area contributed by atoms with E-state index in [9.17, 15) is 26.4 Å². The molecule has 0 saturated heterocycles. The SMILES string of the molecule is CN(CCC(=O)O)c1cccc(S(=O)(=O)Nc2ccc(C(F)(F)F)c(-c3ccccc3C3CC3)n2)n1. The van der Waals surface area contributed by atoms with Gasteiger partial charge >= 0.3 is 12.1 Å². The van der Waals surface area contributed by atoms with Crippen molar-refractivity contribution in [2.45, 2.75) is 36.4 Å². The summed E-state index contributed by atoms with van der Waals surface area (Å²) in [7, 11) is -2.74. The fourth-order valence-electron chi connectivity index (χ4n) is 3.75. The van der Waals surface area contributed by atoms with Crippen LogP contribution in [0.2, 0.25) is 0 Å². The maximum absolute atomic E-state index is 13.8. The van der Waals surface area contributed by atoms with Crippen molar-refractivity contribution in [3.8, 4) is 11.3 Å². The molecule has 2 heterocycles. The number of benzene rings is 1. The Morgan fingerprint density at radius 1 is 1.08 bits per heavy atom. The Morgan fingerprint density at radius 2 is 1.81 bits per heavy atom. The maximum atomic E-state index is 13.8. The van der Waals surface area contributed by atoms with E-state index in [4.69, 9.17) is 5.11 Å². The smallest absolute Gasteiger partial charge is 0.418 e. The molecule has 12 heteroatoms. The average molecular weight is 521 g/mol. The molecule has 0 unspecified atom stereocenters. The molecule has 1 saturated carbocycles. The summed E-state index contributed by atoms with van der Waals surface area (Å²) in [6.45, 7) is 0.101. The number of aliphatic carboxylic acids is 1. The van der Waals surface area contributed by atoms with Gasteiger partial charge < -0.3 is 10.0 Å². The van der Waals surface area contributed by atoms with Gasteiger partial charge in [-0.15, -0.1) is 0 Å². The Balaban J connectivity index is 1.68. The number of halogens is 3. The van der Waals surface area contributed by atoms with Gasteiger partial charge in [-0.3, -0.25) is 9.52 Å². The number of aromatic nitrogens is 2. The molecular weight excluding hydrogens is 497 g/mol. The second kappa shape index (κ2) is 9.76. The Kier molecular flexibility index (Phi) is 6.90. The summed E-state index contributed by atoms with van der Waals surface area (Å²) in [6, 6.07) is 12.7. The number of carbonyl (C=O) groups is 1. The van der Waals surface area contributed by atoms with E-state index in [1.165, 1.54) is 23.1 Å². The van der Waals surface area contributed by atoms with Crippen molar-refractivity contribution >= 4 is 27.6 Å². The molecule has 0 amide bonds. The second-order valence-corrected chi connectivity index (χ2v) is 10.1. The van der Waals surface area contributed by atoms with Crippen molar-refractivity contribution in [1.82, 2.24) is 9.97 Å². The zero-order valence-electron chi connectivity index (χ0n) is 19.2. The minimum atomic E-state index is -4.69. The number of hydrogen-bond donors (Lipinski definition) is 2. The molecule has 2 aromatic heterocycles. The predicted octanol–water partition coefficient (Wildman–Crippen LogP) is 4.75. The predicted molar refractivity (Wildman–Crippen MR) is 127 cm³/mol. The summed E-state index contributed by atoms with van der Waals surface area (Å²) >= 11 is 0. The van der Waals surface area contributed by atoms with Crippen molar-refractivity contribution in [2.24, 2.45) is 0 Å². The molecule has 8 nitrogen and oxygen atoms in total. The lowest BCUT2D eigenvalue weighted by atomic mass is 9.97. The Hall–Kier alpha value is -3.67. The highest BCUT2D eigenvalue weighted by atomic mass is 32.2. The van der Waals surface area contributed by atoms with Crippen LogP contribution < -0.4 is 9.62 Å². The number of alkyl halides is 3. The Bertz CT molecular complexity index is 1390. The Morgan fingerprint density at radius 3 is 2.47 bits per heavy atom. The van der Waals surface area contributed by atoms with Gasteiger partial charge in [-0.2, -0.15) is 21.6 Å². The van der Waals surface area contributed by atoms with Gasteiger partial charge in [0.05, 0.1) is 17.7 Å². The number of nitrogens with zero attached hydrogens (tertiary/aromatic N) is 3. The van der Waals surface area contributed by atoms with E-state index in [1.807, 2.05) is 0 Å². The van der Waals surface area contributed by atoms with Crippen LogP contribution >= 0.6 is 0 Å². The van der Waals surface area contributed by atoms with Crippen molar-refractivity contribution < 1.29 is 31.5 Å². The van der Waals surface area contributed by atoms with Crippen LogP contribution in [-0.2, 0) is 21.0 Å². The highest BCUT2D eigenvalue weighted by molar-refractivity contribution is 7.92. The molecule has 1 aromatic carbocycles. The lowest BCUT2D eigenvalue weighted by Gasteiger charge is -2.18. The van der Waals surface area contributed by atoms with Gasteiger partial charge in [0.1, 0.15) is 11.6 Å². The van der Waals surface area contributed by atoms with Crippen molar-refractivity contribution in [3.05, 3.63) is 65.7 Å². The zero-order chi connectivity index (χ0) is 26.1. The molecule has 36 heavy (non-hydrogen) atoms. The molecule has 1 aliphatic rings. The van der Waals surface area contributed by atoms with Crippen LogP contribution in [0.3, 0.4) is 0 Å². The number of hydrogen-bond acceptors (Lipinski definition) is 6. The molecule has 0 spiro atoms. The first-order valence-electron chi connectivity index (χ1n) is 11.1. The number of carboxylic acids is 1. The summed E-state index contributed by atoms with van der Waals surface area (Å²) < 4.78 is 69.7. The van der Waals surface area contributed by atoms with Crippen molar-refractivity contribution in [3.63, 3.8) is 0 Å². The topological polar surface area (TPSA) is 112 Å². The van der Waals surface area contributed by atoms with Crippen LogP contribution in [0.1, 0.15) is 36.3 Å². The number of sulfonamides is 1. The summed E-state index contributed by atoms with van der Waals surface area (Å²) in [5, 5.41) is 8.47. The lowest BCUT2D eigenvalue weighted by molar-refractivity contribution is -0.138. The molecule has 1 aliphatic carbocycles. The molecule has 0 aliphatic heterocycles. The minimum Gasteiger partial charge on any atom is -0.481 e. The molecule has 0 bridgehead atoms. The third-order valence-electron chi connectivity index (χ3n) is 5.71. The number of nitrogens with one attached hydrogen (secondary N) is 1. The maximum Gasteiger partial charge on any atom is 0.418 e. The summed E-state index contributed by atoms with van der Waals surface area (Å²) in [4.78, 5) is 20.5. The van der Waals surface area contributed by atoms with Gasteiger partial charge in [0, 0.05) is 19.2 Å². The van der Waals surface area contributed by atoms with Crippen LogP contribution in [0.5, 0.6) is 0 Å². The number of carboxylic acid groups (broad SMARTS) is 1. The van der Waals surface area contributed by atoms with Gasteiger partial charge in [0.25, 0.3) is 10.0 Å². The van der Waals surface area contributed by atoms with Gasteiger partial charge in [-0.1, -0.05) is 30.3 Å². The Labute approximate surface area is 205 Å². The van der Waals surface area contributed by atoms with E-state index in [-0.39, 0.29) is 41.2 Å². The molecule has 0 radical (unpaired) electrons. The van der Waals surface area contributed by atoms with Gasteiger partial charge in [-0.25, -0.2) is 9.97 Å². The van der Waals surface area contributed by atoms with E-state index >= 15 is 0 Å². The van der Waals surface area contributed by atoms with Crippen LogP contribution in [0.4, 0.5) is 24.8 Å². The molecule has 3 aromatic rings. The van der Waals surface area contributed by atoms with Gasteiger partial charge in [0.2, 0.25) is 0 Å². The largest absolute Gasteiger partial charge is 0.481 e. The molecule has 4 rings (SSSR count). The first-order valence-corrected chi connectivity index (χ1v) is 12.5. The quantitative estimate of drug-likeness (QED) is 0.419. The standard InChI is InChI=1S/C24H23F3N4O4S/c1-31(14-13-22(32)33)20-7-4-8-21(29-20)36(34,35)30-19-12-11-18(24(25,26)27)23(28-19)17-6-3-2-5-16(17)15-9-10-15/h2-8,11-12,15H,9-10,13-14H2,1H3,(H,28,30)(H,32,33). The van der Waals surface area contributed by atoms with Gasteiger partial charge in [-0.05, 0) is 48.6 Å². The normalized spacial score (nSPS) is 13.9. The van der Waals surface area contributed by atoms with E-state index in [0.29, 0.717) is 5.56 Å². The third-order valence-corrected chi connectivity index (χ3v) is 6.96. The molecule has 2 N–H and O–H groups in total. The molecular formula is C24H23F3N4O4S. The summed E-state index contributed by atoms with van der Waals surface area (Å²) in [5.74, 6) is -0.928. The first-order chi connectivity index (χ1) is 17.0. The van der Waals surface area contributed by atoms with Gasteiger partial charge in [0.15, 0.2) is 5.03 Å². The number of anilines is 2. The summed E-state index contributed by atoms with van der Waals surface area (Å²) in [5.41, 5.74) is -0.248. The van der Waals surface area contributed by atoms with E-state index in [1.54, 1.807) is 31.3 Å². The second-order valence-electron chi connectivity index (χ2n) is 8.46. The monoisotopic (exact) mass is 520 g/mol. The van der Waals surface area contributed by atoms with E-state index < -0.39 is 27.7 Å². The number of pyridine rings is 2. The van der Waals surface area contributed by atoms with Crippen molar-refractivity contribution in [1.29, 1.82) is 0 Å². The summed E-state index contributed by atoms with van der Waals surface area (Å²) in [6.07, 6.45) is -3.12. The minimum absolute atomic E-state index is 0.101. The average Bonchev–Trinajstić information content (AvgIpc) is 3.67. The van der Waals surface area contributed by atoms with E-state index in [2.05, 4.69) is 14.7 Å². The van der Waals surface area contributed by atoms with E-state index in [0.717, 1.165) is 30.5 Å². The molecule has 190 valence electrons. The van der Waals surface area contributed by atoms with Crippen LogP contribution in [0.25, 0.3) is 11.3 Å². The van der Waals surface area contributed by atoms with Crippen molar-refractivity contribution in [2.75, 3.05) is 23.2 Å². The molecule has 0 atom stereocenters.